The van der Waals surface area contributed by atoms with E-state index in [2.05, 4.69) is 28.3 Å². The molecule has 0 aliphatic carbocycles. The van der Waals surface area contributed by atoms with Gasteiger partial charge in [0.1, 0.15) is 17.7 Å². The second-order valence-corrected chi connectivity index (χ2v) is 4.45. The number of hydrogen-bond donors (Lipinski definition) is 1. The molecule has 0 bridgehead atoms. The van der Waals surface area contributed by atoms with E-state index in [-0.39, 0.29) is 5.69 Å². The van der Waals surface area contributed by atoms with Gasteiger partial charge in [-0.1, -0.05) is 25.8 Å². The van der Waals surface area contributed by atoms with Crippen LogP contribution in [0.15, 0.2) is 18.2 Å². The highest BCUT2D eigenvalue weighted by molar-refractivity contribution is 5.82. The Morgan fingerprint density at radius 2 is 2.00 bits per heavy atom. The number of nitrogens with zero attached hydrogens (tertiary/aromatic N) is 4. The van der Waals surface area contributed by atoms with Crippen LogP contribution in [0.1, 0.15) is 37.4 Å². The monoisotopic (exact) mass is 265 g/mol. The molecular formula is C15H15N5. The first-order valence-electron chi connectivity index (χ1n) is 6.65. The molecule has 0 fully saturated rings. The van der Waals surface area contributed by atoms with E-state index in [0.29, 0.717) is 22.4 Å². The highest BCUT2D eigenvalue weighted by atomic mass is 15.0. The Hall–Kier alpha value is -2.66. The van der Waals surface area contributed by atoms with Crippen LogP contribution in [-0.4, -0.2) is 16.5 Å². The summed E-state index contributed by atoms with van der Waals surface area (Å²) in [5.41, 5.74) is 1.77. The SMILES string of the molecule is CCCCCNc1nc2cccc(C#N)c2nc1C#N. The minimum Gasteiger partial charge on any atom is -0.368 e. The molecule has 0 saturated heterocycles. The van der Waals surface area contributed by atoms with Crippen molar-refractivity contribution in [1.82, 2.24) is 9.97 Å². The smallest absolute Gasteiger partial charge is 0.183 e. The van der Waals surface area contributed by atoms with Crippen LogP contribution in [0.25, 0.3) is 11.0 Å². The van der Waals surface area contributed by atoms with Crippen LogP contribution in [0.2, 0.25) is 0 Å². The van der Waals surface area contributed by atoms with Crippen molar-refractivity contribution in [3.05, 3.63) is 29.5 Å². The molecule has 0 unspecified atom stereocenters. The third-order valence-electron chi connectivity index (χ3n) is 2.99. The second-order valence-electron chi connectivity index (χ2n) is 4.45. The third kappa shape index (κ3) is 2.84. The maximum absolute atomic E-state index is 9.17. The number of hydrogen-bond acceptors (Lipinski definition) is 5. The normalized spacial score (nSPS) is 9.95. The zero-order chi connectivity index (χ0) is 14.4. The standard InChI is InChI=1S/C15H15N5/c1-2-3-4-8-18-15-13(10-17)19-14-11(9-16)6-5-7-12(14)20-15/h5-7H,2-4,8H2,1H3,(H,18,20). The molecule has 0 saturated carbocycles. The van der Waals surface area contributed by atoms with Gasteiger partial charge in [0.25, 0.3) is 0 Å². The van der Waals surface area contributed by atoms with E-state index >= 15 is 0 Å². The van der Waals surface area contributed by atoms with Crippen LogP contribution in [0.4, 0.5) is 5.82 Å². The number of aromatic nitrogens is 2. The summed E-state index contributed by atoms with van der Waals surface area (Å²) in [7, 11) is 0. The topological polar surface area (TPSA) is 85.4 Å². The maximum Gasteiger partial charge on any atom is 0.183 e. The molecule has 0 radical (unpaired) electrons. The molecular weight excluding hydrogens is 250 g/mol. The number of para-hydroxylation sites is 1. The van der Waals surface area contributed by atoms with Crippen molar-refractivity contribution in [3.8, 4) is 12.1 Å². The van der Waals surface area contributed by atoms with Gasteiger partial charge in [-0.05, 0) is 18.6 Å². The first-order valence-corrected chi connectivity index (χ1v) is 6.65. The highest BCUT2D eigenvalue weighted by Gasteiger charge is 2.10. The van der Waals surface area contributed by atoms with E-state index in [1.165, 1.54) is 0 Å². The number of nitrogens with one attached hydrogen (secondary N) is 1. The minimum atomic E-state index is 0.233. The largest absolute Gasteiger partial charge is 0.368 e. The average Bonchev–Trinajstić information content (AvgIpc) is 2.50. The Kier molecular flexibility index (Phi) is 4.47. The molecule has 5 nitrogen and oxygen atoms in total. The van der Waals surface area contributed by atoms with Gasteiger partial charge in [0, 0.05) is 6.54 Å². The van der Waals surface area contributed by atoms with Gasteiger partial charge in [-0.25, -0.2) is 9.97 Å². The summed E-state index contributed by atoms with van der Waals surface area (Å²) in [6.45, 7) is 2.90. The number of anilines is 1. The molecule has 20 heavy (non-hydrogen) atoms. The van der Waals surface area contributed by atoms with Gasteiger partial charge in [-0.15, -0.1) is 0 Å². The van der Waals surface area contributed by atoms with Crippen molar-refractivity contribution in [2.24, 2.45) is 0 Å². The van der Waals surface area contributed by atoms with Gasteiger partial charge in [-0.3, -0.25) is 0 Å². The number of rotatable bonds is 5. The summed E-state index contributed by atoms with van der Waals surface area (Å²) in [5.74, 6) is 0.492. The fourth-order valence-electron chi connectivity index (χ4n) is 1.95. The van der Waals surface area contributed by atoms with E-state index in [1.54, 1.807) is 18.2 Å². The molecule has 5 heteroatoms. The van der Waals surface area contributed by atoms with E-state index in [9.17, 15) is 0 Å². The first-order chi connectivity index (χ1) is 9.80. The fourth-order valence-corrected chi connectivity index (χ4v) is 1.95. The minimum absolute atomic E-state index is 0.233. The summed E-state index contributed by atoms with van der Waals surface area (Å²) in [6, 6.07) is 9.34. The summed E-state index contributed by atoms with van der Waals surface area (Å²) in [4.78, 5) is 8.66. The lowest BCUT2D eigenvalue weighted by molar-refractivity contribution is 0.742. The second kappa shape index (κ2) is 6.49. The van der Waals surface area contributed by atoms with E-state index in [0.717, 1.165) is 25.8 Å². The Bertz CT molecular complexity index is 694. The van der Waals surface area contributed by atoms with Crippen molar-refractivity contribution in [3.63, 3.8) is 0 Å². The van der Waals surface area contributed by atoms with E-state index in [1.807, 2.05) is 6.07 Å². The molecule has 0 amide bonds. The molecule has 2 aromatic rings. The Balaban J connectivity index is 2.36. The fraction of sp³-hybridized carbons (Fsp3) is 0.333. The number of fused-ring (bicyclic) bond motifs is 1. The summed E-state index contributed by atoms with van der Waals surface area (Å²) in [6.07, 6.45) is 3.30. The number of unbranched alkanes of at least 4 members (excludes halogenated alkanes) is 2. The highest BCUT2D eigenvalue weighted by Crippen LogP contribution is 2.19. The Morgan fingerprint density at radius 3 is 2.70 bits per heavy atom. The lowest BCUT2D eigenvalue weighted by Gasteiger charge is -2.08. The van der Waals surface area contributed by atoms with Gasteiger partial charge >= 0.3 is 0 Å². The van der Waals surface area contributed by atoms with Crippen molar-refractivity contribution >= 4 is 16.9 Å². The zero-order valence-corrected chi connectivity index (χ0v) is 11.3. The number of benzene rings is 1. The Morgan fingerprint density at radius 1 is 1.15 bits per heavy atom. The molecule has 1 N–H and O–H groups in total. The van der Waals surface area contributed by atoms with Gasteiger partial charge in [0.15, 0.2) is 11.5 Å². The molecule has 0 atom stereocenters. The van der Waals surface area contributed by atoms with Crippen LogP contribution in [0, 0.1) is 22.7 Å². The predicted octanol–water partition coefficient (Wildman–Crippen LogP) is 2.98. The molecule has 1 heterocycles. The third-order valence-corrected chi connectivity index (χ3v) is 2.99. The molecule has 1 aromatic carbocycles. The van der Waals surface area contributed by atoms with Crippen LogP contribution in [-0.2, 0) is 0 Å². The molecule has 2 rings (SSSR count). The Labute approximate surface area is 117 Å². The van der Waals surface area contributed by atoms with Gasteiger partial charge in [0.05, 0.1) is 11.1 Å². The quantitative estimate of drug-likeness (QED) is 0.840. The van der Waals surface area contributed by atoms with Gasteiger partial charge in [0.2, 0.25) is 0 Å². The van der Waals surface area contributed by atoms with E-state index in [4.69, 9.17) is 10.5 Å². The van der Waals surface area contributed by atoms with Crippen molar-refractivity contribution in [2.45, 2.75) is 26.2 Å². The van der Waals surface area contributed by atoms with E-state index < -0.39 is 0 Å². The molecule has 100 valence electrons. The molecule has 0 spiro atoms. The van der Waals surface area contributed by atoms with Gasteiger partial charge < -0.3 is 5.32 Å². The first kappa shape index (κ1) is 13.8. The van der Waals surface area contributed by atoms with Crippen LogP contribution in [0.5, 0.6) is 0 Å². The zero-order valence-electron chi connectivity index (χ0n) is 11.3. The lowest BCUT2D eigenvalue weighted by Crippen LogP contribution is -2.07. The molecule has 0 aliphatic rings. The maximum atomic E-state index is 9.17. The van der Waals surface area contributed by atoms with Crippen LogP contribution < -0.4 is 5.32 Å². The number of nitriles is 2. The lowest BCUT2D eigenvalue weighted by atomic mass is 10.2. The average molecular weight is 265 g/mol. The molecule has 1 aromatic heterocycles. The van der Waals surface area contributed by atoms with Gasteiger partial charge in [-0.2, -0.15) is 10.5 Å². The van der Waals surface area contributed by atoms with Crippen molar-refractivity contribution < 1.29 is 0 Å². The van der Waals surface area contributed by atoms with Crippen LogP contribution in [0.3, 0.4) is 0 Å². The predicted molar refractivity (Wildman–Crippen MR) is 77.0 cm³/mol. The summed E-state index contributed by atoms with van der Waals surface area (Å²) >= 11 is 0. The molecule has 0 aliphatic heterocycles. The summed E-state index contributed by atoms with van der Waals surface area (Å²) in [5, 5.41) is 21.4. The van der Waals surface area contributed by atoms with Crippen molar-refractivity contribution in [1.29, 1.82) is 10.5 Å². The van der Waals surface area contributed by atoms with Crippen molar-refractivity contribution in [2.75, 3.05) is 11.9 Å². The van der Waals surface area contributed by atoms with Crippen LogP contribution >= 0.6 is 0 Å². The summed E-state index contributed by atoms with van der Waals surface area (Å²) < 4.78 is 0.